The van der Waals surface area contributed by atoms with Crippen LogP contribution in [-0.4, -0.2) is 6.04 Å². The maximum atomic E-state index is 3.76. The number of aryl methyl sites for hydroxylation is 1. The monoisotopic (exact) mass is 231 g/mol. The molecule has 0 aliphatic heterocycles. The lowest BCUT2D eigenvalue weighted by atomic mass is 9.86. The zero-order chi connectivity index (χ0) is 12.3. The highest BCUT2D eigenvalue weighted by Crippen LogP contribution is 2.24. The Labute approximate surface area is 106 Å². The van der Waals surface area contributed by atoms with E-state index in [2.05, 4.69) is 44.3 Å². The number of rotatable bonds is 3. The quantitative estimate of drug-likeness (QED) is 0.830. The predicted molar refractivity (Wildman–Crippen MR) is 74.2 cm³/mol. The van der Waals surface area contributed by atoms with Crippen LogP contribution in [0.15, 0.2) is 18.2 Å². The molecule has 0 radical (unpaired) electrons. The average molecular weight is 231 g/mol. The van der Waals surface area contributed by atoms with Crippen LogP contribution in [0.3, 0.4) is 0 Å². The lowest BCUT2D eigenvalue weighted by Gasteiger charge is -2.30. The van der Waals surface area contributed by atoms with Gasteiger partial charge in [-0.1, -0.05) is 38.0 Å². The van der Waals surface area contributed by atoms with Crippen LogP contribution in [0.2, 0.25) is 0 Å². The third kappa shape index (κ3) is 3.10. The molecule has 1 fully saturated rings. The number of nitrogens with one attached hydrogen (secondary N) is 1. The van der Waals surface area contributed by atoms with Crippen LogP contribution in [-0.2, 0) is 6.54 Å². The van der Waals surface area contributed by atoms with Crippen LogP contribution in [0, 0.1) is 19.8 Å². The third-order valence-corrected chi connectivity index (χ3v) is 4.38. The third-order valence-electron chi connectivity index (χ3n) is 4.38. The second-order valence-electron chi connectivity index (χ2n) is 5.61. The molecule has 1 aliphatic carbocycles. The molecule has 0 saturated heterocycles. The van der Waals surface area contributed by atoms with Gasteiger partial charge in [0.15, 0.2) is 0 Å². The Bertz CT molecular complexity index is 370. The molecule has 94 valence electrons. The van der Waals surface area contributed by atoms with Crippen molar-refractivity contribution in [2.75, 3.05) is 0 Å². The summed E-state index contributed by atoms with van der Waals surface area (Å²) in [6.45, 7) is 7.85. The smallest absolute Gasteiger partial charge is 0.0210 e. The van der Waals surface area contributed by atoms with Gasteiger partial charge in [-0.25, -0.2) is 0 Å². The molecule has 1 aromatic rings. The Morgan fingerprint density at radius 2 is 1.94 bits per heavy atom. The van der Waals surface area contributed by atoms with Crippen molar-refractivity contribution in [2.45, 2.75) is 59.0 Å². The van der Waals surface area contributed by atoms with E-state index in [-0.39, 0.29) is 0 Å². The maximum Gasteiger partial charge on any atom is 0.0210 e. The van der Waals surface area contributed by atoms with Gasteiger partial charge >= 0.3 is 0 Å². The zero-order valence-electron chi connectivity index (χ0n) is 11.4. The average Bonchev–Trinajstić information content (AvgIpc) is 2.33. The molecular formula is C16H25N. The molecule has 17 heavy (non-hydrogen) atoms. The van der Waals surface area contributed by atoms with Crippen molar-refractivity contribution in [3.8, 4) is 0 Å². The van der Waals surface area contributed by atoms with Crippen molar-refractivity contribution in [3.63, 3.8) is 0 Å². The minimum absolute atomic E-state index is 0.726. The van der Waals surface area contributed by atoms with E-state index >= 15 is 0 Å². The van der Waals surface area contributed by atoms with Crippen LogP contribution >= 0.6 is 0 Å². The molecule has 1 nitrogen and oxygen atoms in total. The highest BCUT2D eigenvalue weighted by molar-refractivity contribution is 5.32. The summed E-state index contributed by atoms with van der Waals surface area (Å²) in [5.41, 5.74) is 4.31. The predicted octanol–water partition coefficient (Wildman–Crippen LogP) is 3.97. The fraction of sp³-hybridized carbons (Fsp3) is 0.625. The summed E-state index contributed by atoms with van der Waals surface area (Å²) in [4.78, 5) is 0. The van der Waals surface area contributed by atoms with Crippen molar-refractivity contribution in [1.29, 1.82) is 0 Å². The van der Waals surface area contributed by atoms with Gasteiger partial charge in [-0.3, -0.25) is 0 Å². The molecule has 1 aromatic carbocycles. The molecular weight excluding hydrogens is 206 g/mol. The number of benzene rings is 1. The molecule has 0 aromatic heterocycles. The highest BCUT2D eigenvalue weighted by atomic mass is 14.9. The summed E-state index contributed by atoms with van der Waals surface area (Å²) in [7, 11) is 0. The SMILES string of the molecule is Cc1cccc(CNC2CCCCC2C)c1C. The van der Waals surface area contributed by atoms with Crippen LogP contribution < -0.4 is 5.32 Å². The van der Waals surface area contributed by atoms with Crippen LogP contribution in [0.4, 0.5) is 0 Å². The zero-order valence-corrected chi connectivity index (χ0v) is 11.4. The van der Waals surface area contributed by atoms with E-state index in [0.29, 0.717) is 0 Å². The Morgan fingerprint density at radius 3 is 2.71 bits per heavy atom. The summed E-state index contributed by atoms with van der Waals surface area (Å²) in [6.07, 6.45) is 5.56. The molecule has 1 saturated carbocycles. The van der Waals surface area contributed by atoms with Crippen molar-refractivity contribution >= 4 is 0 Å². The lowest BCUT2D eigenvalue weighted by Crippen LogP contribution is -2.36. The Hall–Kier alpha value is -0.820. The topological polar surface area (TPSA) is 12.0 Å². The fourth-order valence-electron chi connectivity index (χ4n) is 2.86. The first-order chi connectivity index (χ1) is 8.18. The van der Waals surface area contributed by atoms with Crippen molar-refractivity contribution < 1.29 is 0 Å². The van der Waals surface area contributed by atoms with Gasteiger partial charge in [-0.05, 0) is 49.3 Å². The summed E-state index contributed by atoms with van der Waals surface area (Å²) in [6, 6.07) is 7.35. The van der Waals surface area contributed by atoms with Crippen molar-refractivity contribution in [2.24, 2.45) is 5.92 Å². The van der Waals surface area contributed by atoms with Crippen LogP contribution in [0.1, 0.15) is 49.3 Å². The van der Waals surface area contributed by atoms with Gasteiger partial charge in [0.05, 0.1) is 0 Å². The van der Waals surface area contributed by atoms with E-state index in [4.69, 9.17) is 0 Å². The van der Waals surface area contributed by atoms with Gasteiger partial charge in [0, 0.05) is 12.6 Å². The molecule has 0 heterocycles. The molecule has 2 atom stereocenters. The maximum absolute atomic E-state index is 3.76. The van der Waals surface area contributed by atoms with Gasteiger partial charge in [0.25, 0.3) is 0 Å². The van der Waals surface area contributed by atoms with Crippen LogP contribution in [0.5, 0.6) is 0 Å². The minimum atomic E-state index is 0.726. The standard InChI is InChI=1S/C16H25N/c1-12-8-6-9-15(14(12)3)11-17-16-10-5-4-7-13(16)2/h6,8-9,13,16-17H,4-5,7,10-11H2,1-3H3. The van der Waals surface area contributed by atoms with E-state index in [1.807, 2.05) is 0 Å². The van der Waals surface area contributed by atoms with E-state index in [1.165, 1.54) is 42.4 Å². The molecule has 0 amide bonds. The van der Waals surface area contributed by atoms with Gasteiger partial charge in [-0.2, -0.15) is 0 Å². The van der Waals surface area contributed by atoms with Gasteiger partial charge in [0.1, 0.15) is 0 Å². The molecule has 1 heteroatoms. The first kappa shape index (κ1) is 12.6. The summed E-state index contributed by atoms with van der Waals surface area (Å²) in [5.74, 6) is 0.842. The molecule has 0 bridgehead atoms. The summed E-state index contributed by atoms with van der Waals surface area (Å²) < 4.78 is 0. The normalized spacial score (nSPS) is 24.9. The second-order valence-corrected chi connectivity index (χ2v) is 5.61. The van der Waals surface area contributed by atoms with E-state index in [0.717, 1.165) is 18.5 Å². The fourth-order valence-corrected chi connectivity index (χ4v) is 2.86. The van der Waals surface area contributed by atoms with E-state index in [1.54, 1.807) is 0 Å². The molecule has 0 spiro atoms. The lowest BCUT2D eigenvalue weighted by molar-refractivity contribution is 0.279. The van der Waals surface area contributed by atoms with E-state index in [9.17, 15) is 0 Å². The molecule has 2 rings (SSSR count). The Kier molecular flexibility index (Phi) is 4.22. The van der Waals surface area contributed by atoms with Gasteiger partial charge in [0.2, 0.25) is 0 Å². The molecule has 2 unspecified atom stereocenters. The Balaban J connectivity index is 1.95. The molecule has 1 N–H and O–H groups in total. The van der Waals surface area contributed by atoms with Crippen molar-refractivity contribution in [1.82, 2.24) is 5.32 Å². The number of hydrogen-bond donors (Lipinski definition) is 1. The van der Waals surface area contributed by atoms with Crippen LogP contribution in [0.25, 0.3) is 0 Å². The Morgan fingerprint density at radius 1 is 1.18 bits per heavy atom. The van der Waals surface area contributed by atoms with Crippen molar-refractivity contribution in [3.05, 3.63) is 34.9 Å². The molecule has 1 aliphatic rings. The summed E-state index contributed by atoms with van der Waals surface area (Å²) in [5, 5.41) is 3.76. The van der Waals surface area contributed by atoms with Gasteiger partial charge < -0.3 is 5.32 Å². The number of hydrogen-bond acceptors (Lipinski definition) is 1. The first-order valence-corrected chi connectivity index (χ1v) is 6.97. The highest BCUT2D eigenvalue weighted by Gasteiger charge is 2.20. The summed E-state index contributed by atoms with van der Waals surface area (Å²) >= 11 is 0. The minimum Gasteiger partial charge on any atom is -0.310 e. The second kappa shape index (κ2) is 5.68. The first-order valence-electron chi connectivity index (χ1n) is 6.97. The van der Waals surface area contributed by atoms with E-state index < -0.39 is 0 Å². The largest absolute Gasteiger partial charge is 0.310 e. The van der Waals surface area contributed by atoms with Gasteiger partial charge in [-0.15, -0.1) is 0 Å².